The Morgan fingerprint density at radius 2 is 1.71 bits per heavy atom. The van der Waals surface area contributed by atoms with Crippen molar-refractivity contribution in [2.24, 2.45) is 5.92 Å². The number of carbonyl (C=O) groups is 2. The van der Waals surface area contributed by atoms with Crippen molar-refractivity contribution >= 4 is 35.2 Å². The van der Waals surface area contributed by atoms with Crippen molar-refractivity contribution in [3.8, 4) is 5.75 Å². The summed E-state index contributed by atoms with van der Waals surface area (Å²) >= 11 is 12.4. The quantitative estimate of drug-likeness (QED) is 0.622. The SMILES string of the molecule is CN(C(=O)Oc1ccc(F)cc1)[C@H]1CN(C(=O)[C@H]2CC[C@H](O)CC2)C[C@@H]1c1ccc(Cl)c(Cl)c1. The van der Waals surface area contributed by atoms with Crippen LogP contribution in [-0.2, 0) is 4.79 Å². The van der Waals surface area contributed by atoms with Gasteiger partial charge in [-0.2, -0.15) is 0 Å². The molecule has 2 amide bonds. The van der Waals surface area contributed by atoms with Gasteiger partial charge in [0.05, 0.1) is 22.2 Å². The number of aliphatic hydroxyl groups is 1. The van der Waals surface area contributed by atoms with E-state index < -0.39 is 11.9 Å². The lowest BCUT2D eigenvalue weighted by Gasteiger charge is -2.29. The number of carbonyl (C=O) groups excluding carboxylic acids is 2. The number of aliphatic hydroxyl groups excluding tert-OH is 1. The highest BCUT2D eigenvalue weighted by Gasteiger charge is 2.42. The Morgan fingerprint density at radius 3 is 2.35 bits per heavy atom. The first-order valence-corrected chi connectivity index (χ1v) is 12.1. The lowest BCUT2D eigenvalue weighted by molar-refractivity contribution is -0.136. The molecule has 0 aromatic heterocycles. The van der Waals surface area contributed by atoms with Gasteiger partial charge in [-0.1, -0.05) is 29.3 Å². The molecule has 0 spiro atoms. The molecule has 1 aliphatic carbocycles. The average Bonchev–Trinajstić information content (AvgIpc) is 3.27. The molecule has 1 saturated carbocycles. The van der Waals surface area contributed by atoms with Crippen LogP contribution in [0.1, 0.15) is 37.2 Å². The Bertz CT molecular complexity index is 1040. The summed E-state index contributed by atoms with van der Waals surface area (Å²) in [5.41, 5.74) is 0.871. The van der Waals surface area contributed by atoms with Gasteiger partial charge in [-0.3, -0.25) is 4.79 Å². The first kappa shape index (κ1) is 24.8. The lowest BCUT2D eigenvalue weighted by Crippen LogP contribution is -2.44. The van der Waals surface area contributed by atoms with Crippen LogP contribution in [0.2, 0.25) is 10.0 Å². The molecule has 0 unspecified atom stereocenters. The molecule has 9 heteroatoms. The van der Waals surface area contributed by atoms with Crippen molar-refractivity contribution in [1.82, 2.24) is 9.80 Å². The van der Waals surface area contributed by atoms with Crippen LogP contribution >= 0.6 is 23.2 Å². The predicted molar refractivity (Wildman–Crippen MR) is 128 cm³/mol. The van der Waals surface area contributed by atoms with Crippen molar-refractivity contribution in [3.05, 3.63) is 63.9 Å². The van der Waals surface area contributed by atoms with Crippen LogP contribution in [0, 0.1) is 11.7 Å². The van der Waals surface area contributed by atoms with Gasteiger partial charge in [0.2, 0.25) is 5.91 Å². The first-order chi connectivity index (χ1) is 16.2. The molecular formula is C25H27Cl2FN2O4. The van der Waals surface area contributed by atoms with Gasteiger partial charge in [-0.15, -0.1) is 0 Å². The van der Waals surface area contributed by atoms with Crippen molar-refractivity contribution < 1.29 is 23.8 Å². The second-order valence-corrected chi connectivity index (χ2v) is 9.84. The third-order valence-corrected chi connectivity index (χ3v) is 7.56. The van der Waals surface area contributed by atoms with Crippen LogP contribution in [-0.4, -0.2) is 59.2 Å². The highest BCUT2D eigenvalue weighted by molar-refractivity contribution is 6.42. The van der Waals surface area contributed by atoms with E-state index in [0.717, 1.165) is 5.56 Å². The van der Waals surface area contributed by atoms with Gasteiger partial charge in [0, 0.05) is 32.0 Å². The zero-order chi connectivity index (χ0) is 24.4. The zero-order valence-corrected chi connectivity index (χ0v) is 20.3. The number of hydrogen-bond donors (Lipinski definition) is 1. The van der Waals surface area contributed by atoms with Crippen molar-refractivity contribution in [2.45, 2.75) is 43.7 Å². The molecule has 2 aromatic carbocycles. The normalized spacial score (nSPS) is 24.7. The summed E-state index contributed by atoms with van der Waals surface area (Å²) in [4.78, 5) is 29.5. The largest absolute Gasteiger partial charge is 0.415 e. The van der Waals surface area contributed by atoms with E-state index in [4.69, 9.17) is 27.9 Å². The molecule has 4 rings (SSSR count). The summed E-state index contributed by atoms with van der Waals surface area (Å²) in [6.45, 7) is 0.770. The number of benzene rings is 2. The van der Waals surface area contributed by atoms with E-state index in [2.05, 4.69) is 0 Å². The molecule has 2 aliphatic rings. The number of amides is 2. The van der Waals surface area contributed by atoms with E-state index in [9.17, 15) is 19.1 Å². The third-order valence-electron chi connectivity index (χ3n) is 6.82. The van der Waals surface area contributed by atoms with E-state index in [1.165, 1.54) is 29.2 Å². The smallest absolute Gasteiger partial charge is 0.410 e. The van der Waals surface area contributed by atoms with Gasteiger partial charge in [0.25, 0.3) is 0 Å². The van der Waals surface area contributed by atoms with Crippen LogP contribution in [0.4, 0.5) is 9.18 Å². The van der Waals surface area contributed by atoms with Crippen LogP contribution in [0.3, 0.4) is 0 Å². The number of ether oxygens (including phenoxy) is 1. The molecule has 2 aromatic rings. The number of rotatable bonds is 4. The van der Waals surface area contributed by atoms with Gasteiger partial charge < -0.3 is 19.6 Å². The van der Waals surface area contributed by atoms with E-state index in [-0.39, 0.29) is 35.6 Å². The molecule has 1 aliphatic heterocycles. The topological polar surface area (TPSA) is 70.1 Å². The van der Waals surface area contributed by atoms with Crippen LogP contribution in [0.25, 0.3) is 0 Å². The third kappa shape index (κ3) is 5.48. The molecule has 2 atom stereocenters. The fourth-order valence-corrected chi connectivity index (χ4v) is 5.13. The highest BCUT2D eigenvalue weighted by atomic mass is 35.5. The number of nitrogens with zero attached hydrogens (tertiary/aromatic N) is 2. The van der Waals surface area contributed by atoms with Crippen LogP contribution in [0.15, 0.2) is 42.5 Å². The number of likely N-dealkylation sites (N-methyl/N-ethyl adjacent to an activating group) is 1. The molecule has 6 nitrogen and oxygen atoms in total. The maximum absolute atomic E-state index is 13.3. The average molecular weight is 509 g/mol. The fourth-order valence-electron chi connectivity index (χ4n) is 4.82. The Morgan fingerprint density at radius 1 is 1.03 bits per heavy atom. The minimum Gasteiger partial charge on any atom is -0.410 e. The molecule has 0 radical (unpaired) electrons. The minimum absolute atomic E-state index is 0.0414. The molecular weight excluding hydrogens is 482 g/mol. The minimum atomic E-state index is -0.600. The standard InChI is InChI=1S/C25H27Cl2FN2O4/c1-29(25(33)34-19-9-5-17(28)6-10-19)23-14-30(24(32)15-2-7-18(31)8-3-15)13-20(23)16-4-11-21(26)22(27)12-16/h4-6,9-12,15,18,20,23,31H,2-3,7-8,13-14H2,1H3/t15-,18-,20-,23+/m1/s1. The van der Waals surface area contributed by atoms with Gasteiger partial charge >= 0.3 is 6.09 Å². The van der Waals surface area contributed by atoms with Crippen LogP contribution in [0.5, 0.6) is 5.75 Å². The monoisotopic (exact) mass is 508 g/mol. The number of halogens is 3. The summed E-state index contributed by atoms with van der Waals surface area (Å²) in [6.07, 6.45) is 1.60. The van der Waals surface area contributed by atoms with Gasteiger partial charge in [-0.25, -0.2) is 9.18 Å². The lowest BCUT2D eigenvalue weighted by atomic mass is 9.86. The summed E-state index contributed by atoms with van der Waals surface area (Å²) < 4.78 is 18.6. The summed E-state index contributed by atoms with van der Waals surface area (Å²) in [5, 5.41) is 10.6. The van der Waals surface area contributed by atoms with Gasteiger partial charge in [0.1, 0.15) is 11.6 Å². The first-order valence-electron chi connectivity index (χ1n) is 11.3. The molecule has 182 valence electrons. The molecule has 1 heterocycles. The Labute approximate surface area is 208 Å². The summed E-state index contributed by atoms with van der Waals surface area (Å²) in [6, 6.07) is 10.2. The number of hydrogen-bond acceptors (Lipinski definition) is 4. The van der Waals surface area contributed by atoms with E-state index >= 15 is 0 Å². The van der Waals surface area contributed by atoms with Gasteiger partial charge in [-0.05, 0) is 67.6 Å². The maximum atomic E-state index is 13.3. The second kappa shape index (κ2) is 10.5. The Kier molecular flexibility index (Phi) is 7.65. The Balaban J connectivity index is 1.54. The van der Waals surface area contributed by atoms with Crippen molar-refractivity contribution in [3.63, 3.8) is 0 Å². The summed E-state index contributed by atoms with van der Waals surface area (Å²) in [5.74, 6) is -0.476. The van der Waals surface area contributed by atoms with Gasteiger partial charge in [0.15, 0.2) is 0 Å². The van der Waals surface area contributed by atoms with E-state index in [1.807, 2.05) is 6.07 Å². The van der Waals surface area contributed by atoms with Crippen LogP contribution < -0.4 is 4.74 Å². The van der Waals surface area contributed by atoms with Crippen molar-refractivity contribution in [2.75, 3.05) is 20.1 Å². The van der Waals surface area contributed by atoms with Crippen molar-refractivity contribution in [1.29, 1.82) is 0 Å². The molecule has 1 saturated heterocycles. The fraction of sp³-hybridized carbons (Fsp3) is 0.440. The zero-order valence-electron chi connectivity index (χ0n) is 18.8. The summed E-state index contributed by atoms with van der Waals surface area (Å²) in [7, 11) is 1.63. The van der Waals surface area contributed by atoms with E-state index in [1.54, 1.807) is 24.1 Å². The second-order valence-electron chi connectivity index (χ2n) is 9.03. The molecule has 1 N–H and O–H groups in total. The number of likely N-dealkylation sites (tertiary alicyclic amines) is 1. The molecule has 2 fully saturated rings. The maximum Gasteiger partial charge on any atom is 0.415 e. The molecule has 34 heavy (non-hydrogen) atoms. The molecule has 0 bridgehead atoms. The Hall–Kier alpha value is -2.35. The highest BCUT2D eigenvalue weighted by Crippen LogP contribution is 2.36. The van der Waals surface area contributed by atoms with E-state index in [0.29, 0.717) is 48.8 Å². The predicted octanol–water partition coefficient (Wildman–Crippen LogP) is 5.11.